The van der Waals surface area contributed by atoms with Crippen molar-refractivity contribution in [3.05, 3.63) is 24.5 Å². The summed E-state index contributed by atoms with van der Waals surface area (Å²) in [6.45, 7) is 9.25. The molecule has 2 aromatic heterocycles. The summed E-state index contributed by atoms with van der Waals surface area (Å²) in [6.07, 6.45) is 4.66. The number of carbonyl (C=O) groups is 1. The van der Waals surface area contributed by atoms with Crippen LogP contribution in [0.25, 0.3) is 11.4 Å². The third-order valence-electron chi connectivity index (χ3n) is 4.98. The summed E-state index contributed by atoms with van der Waals surface area (Å²) in [7, 11) is 1.67. The Morgan fingerprint density at radius 2 is 1.93 bits per heavy atom. The molecule has 2 aromatic rings. The molecule has 1 amide bonds. The highest BCUT2D eigenvalue weighted by Crippen LogP contribution is 2.29. The second-order valence-corrected chi connectivity index (χ2v) is 8.94. The topological polar surface area (TPSA) is 73.1 Å². The second kappa shape index (κ2) is 9.52. The number of hydrogen-bond acceptors (Lipinski definition) is 6. The molecule has 152 valence electrons. The van der Waals surface area contributed by atoms with Gasteiger partial charge in [-0.25, -0.2) is 0 Å². The van der Waals surface area contributed by atoms with Gasteiger partial charge in [0, 0.05) is 38.2 Å². The average Bonchev–Trinajstić information content (AvgIpc) is 3.08. The quantitative estimate of drug-likeness (QED) is 0.662. The molecule has 3 heterocycles. The number of ether oxygens (including phenoxy) is 1. The number of carbonyl (C=O) groups excluding carboxylic acids is 1. The van der Waals surface area contributed by atoms with Gasteiger partial charge in [-0.3, -0.25) is 14.3 Å². The van der Waals surface area contributed by atoms with E-state index in [1.54, 1.807) is 19.5 Å². The van der Waals surface area contributed by atoms with Gasteiger partial charge in [-0.1, -0.05) is 25.6 Å². The van der Waals surface area contributed by atoms with Gasteiger partial charge in [-0.05, 0) is 37.3 Å². The lowest BCUT2D eigenvalue weighted by Crippen LogP contribution is -2.45. The minimum Gasteiger partial charge on any atom is -0.383 e. The molecule has 1 fully saturated rings. The molecular weight excluding hydrogens is 374 g/mol. The summed E-state index contributed by atoms with van der Waals surface area (Å²) in [5.41, 5.74) is 0.947. The maximum Gasteiger partial charge on any atom is 0.235 e. The van der Waals surface area contributed by atoms with Crippen LogP contribution in [0, 0.1) is 11.8 Å². The van der Waals surface area contributed by atoms with Crippen molar-refractivity contribution in [1.82, 2.24) is 24.6 Å². The largest absolute Gasteiger partial charge is 0.383 e. The van der Waals surface area contributed by atoms with E-state index >= 15 is 0 Å². The van der Waals surface area contributed by atoms with E-state index in [4.69, 9.17) is 4.74 Å². The van der Waals surface area contributed by atoms with Crippen LogP contribution in [0.5, 0.6) is 0 Å². The number of likely N-dealkylation sites (tertiary alicyclic amines) is 1. The standard InChI is InChI=1S/C20H29N5O2S/c1-14-11-15(2)13-24(12-14)19(26)16(3)28-20-23-22-18(25(20)9-10-27-4)17-5-7-21-8-6-17/h5-8,14-16H,9-13H2,1-4H3. The van der Waals surface area contributed by atoms with Gasteiger partial charge in [0.05, 0.1) is 18.4 Å². The Labute approximate surface area is 170 Å². The van der Waals surface area contributed by atoms with E-state index in [1.165, 1.54) is 18.2 Å². The number of nitrogens with zero attached hydrogens (tertiary/aromatic N) is 5. The summed E-state index contributed by atoms with van der Waals surface area (Å²) in [4.78, 5) is 19.1. The molecule has 3 unspecified atom stereocenters. The highest BCUT2D eigenvalue weighted by molar-refractivity contribution is 8.00. The fraction of sp³-hybridized carbons (Fsp3) is 0.600. The first-order chi connectivity index (χ1) is 13.5. The van der Waals surface area contributed by atoms with Crippen molar-refractivity contribution in [3.63, 3.8) is 0 Å². The van der Waals surface area contributed by atoms with E-state index in [2.05, 4.69) is 29.0 Å². The van der Waals surface area contributed by atoms with Crippen molar-refractivity contribution in [2.75, 3.05) is 26.8 Å². The number of piperidine rings is 1. The summed E-state index contributed by atoms with van der Waals surface area (Å²) >= 11 is 1.47. The van der Waals surface area contributed by atoms with Crippen LogP contribution >= 0.6 is 11.8 Å². The van der Waals surface area contributed by atoms with Crippen LogP contribution in [0.15, 0.2) is 29.7 Å². The summed E-state index contributed by atoms with van der Waals surface area (Å²) in [6, 6.07) is 3.82. The average molecular weight is 404 g/mol. The Bertz CT molecular complexity index is 772. The van der Waals surface area contributed by atoms with Crippen LogP contribution in [-0.2, 0) is 16.1 Å². The van der Waals surface area contributed by atoms with Crippen LogP contribution < -0.4 is 0 Å². The smallest absolute Gasteiger partial charge is 0.235 e. The minimum absolute atomic E-state index is 0.176. The monoisotopic (exact) mass is 403 g/mol. The first-order valence-electron chi connectivity index (χ1n) is 9.77. The number of thioether (sulfide) groups is 1. The van der Waals surface area contributed by atoms with Gasteiger partial charge in [0.2, 0.25) is 5.91 Å². The maximum absolute atomic E-state index is 13.0. The van der Waals surface area contributed by atoms with E-state index in [0.717, 1.165) is 29.6 Å². The molecule has 3 rings (SSSR count). The van der Waals surface area contributed by atoms with E-state index in [-0.39, 0.29) is 11.2 Å². The van der Waals surface area contributed by atoms with Gasteiger partial charge in [0.15, 0.2) is 11.0 Å². The van der Waals surface area contributed by atoms with Crippen LogP contribution in [0.2, 0.25) is 0 Å². The van der Waals surface area contributed by atoms with Gasteiger partial charge >= 0.3 is 0 Å². The number of aromatic nitrogens is 4. The van der Waals surface area contributed by atoms with Gasteiger partial charge < -0.3 is 9.64 Å². The van der Waals surface area contributed by atoms with Crippen molar-refractivity contribution in [2.45, 2.75) is 44.1 Å². The lowest BCUT2D eigenvalue weighted by molar-refractivity contribution is -0.132. The molecule has 0 aromatic carbocycles. The fourth-order valence-corrected chi connectivity index (χ4v) is 4.74. The van der Waals surface area contributed by atoms with Gasteiger partial charge in [-0.15, -0.1) is 10.2 Å². The Balaban J connectivity index is 1.77. The normalized spacial score (nSPS) is 20.9. The highest BCUT2D eigenvalue weighted by Gasteiger charge is 2.30. The zero-order valence-corrected chi connectivity index (χ0v) is 17.9. The van der Waals surface area contributed by atoms with Gasteiger partial charge in [0.1, 0.15) is 0 Å². The molecular formula is C20H29N5O2S. The Morgan fingerprint density at radius 3 is 2.57 bits per heavy atom. The third kappa shape index (κ3) is 4.91. The van der Waals surface area contributed by atoms with E-state index < -0.39 is 0 Å². The molecule has 0 radical (unpaired) electrons. The molecule has 0 spiro atoms. The predicted octanol–water partition coefficient (Wildman–Crippen LogP) is 2.97. The number of pyridine rings is 1. The van der Waals surface area contributed by atoms with E-state index in [0.29, 0.717) is 25.0 Å². The lowest BCUT2D eigenvalue weighted by Gasteiger charge is -2.36. The predicted molar refractivity (Wildman–Crippen MR) is 110 cm³/mol. The molecule has 1 aliphatic rings. The summed E-state index contributed by atoms with van der Waals surface area (Å²) < 4.78 is 7.28. The third-order valence-corrected chi connectivity index (χ3v) is 6.05. The number of amides is 1. The van der Waals surface area contributed by atoms with Crippen LogP contribution in [0.3, 0.4) is 0 Å². The van der Waals surface area contributed by atoms with Crippen LogP contribution in [-0.4, -0.2) is 62.6 Å². The van der Waals surface area contributed by atoms with Crippen molar-refractivity contribution < 1.29 is 9.53 Å². The maximum atomic E-state index is 13.0. The van der Waals surface area contributed by atoms with Gasteiger partial charge in [0.25, 0.3) is 0 Å². The van der Waals surface area contributed by atoms with Crippen molar-refractivity contribution in [1.29, 1.82) is 0 Å². The molecule has 7 nitrogen and oxygen atoms in total. The zero-order valence-electron chi connectivity index (χ0n) is 17.0. The molecule has 8 heteroatoms. The molecule has 0 aliphatic carbocycles. The number of rotatable bonds is 7. The first-order valence-corrected chi connectivity index (χ1v) is 10.7. The minimum atomic E-state index is -0.215. The van der Waals surface area contributed by atoms with Crippen molar-refractivity contribution >= 4 is 17.7 Å². The van der Waals surface area contributed by atoms with E-state index in [9.17, 15) is 4.79 Å². The zero-order chi connectivity index (χ0) is 20.1. The molecule has 1 aliphatic heterocycles. The van der Waals surface area contributed by atoms with Crippen molar-refractivity contribution in [2.24, 2.45) is 11.8 Å². The summed E-state index contributed by atoms with van der Waals surface area (Å²) in [5.74, 6) is 2.04. The first kappa shape index (κ1) is 20.8. The molecule has 0 N–H and O–H groups in total. The van der Waals surface area contributed by atoms with E-state index in [1.807, 2.05) is 28.5 Å². The van der Waals surface area contributed by atoms with Gasteiger partial charge in [-0.2, -0.15) is 0 Å². The fourth-order valence-electron chi connectivity index (χ4n) is 3.78. The van der Waals surface area contributed by atoms with Crippen molar-refractivity contribution in [3.8, 4) is 11.4 Å². The Morgan fingerprint density at radius 1 is 1.25 bits per heavy atom. The molecule has 28 heavy (non-hydrogen) atoms. The number of methoxy groups -OCH3 is 1. The second-order valence-electron chi connectivity index (χ2n) is 7.64. The SMILES string of the molecule is COCCn1c(SC(C)C(=O)N2CC(C)CC(C)C2)nnc1-c1ccncc1. The molecule has 3 atom stereocenters. The summed E-state index contributed by atoms with van der Waals surface area (Å²) in [5, 5.41) is 9.27. The number of hydrogen-bond donors (Lipinski definition) is 0. The molecule has 1 saturated heterocycles. The Hall–Kier alpha value is -1.93. The lowest BCUT2D eigenvalue weighted by atomic mass is 9.92. The highest BCUT2D eigenvalue weighted by atomic mass is 32.2. The molecule has 0 bridgehead atoms. The molecule has 0 saturated carbocycles. The van der Waals surface area contributed by atoms with Crippen LogP contribution in [0.4, 0.5) is 0 Å². The Kier molecular flexibility index (Phi) is 7.07. The van der Waals surface area contributed by atoms with Crippen LogP contribution in [0.1, 0.15) is 27.2 Å².